The van der Waals surface area contributed by atoms with Gasteiger partial charge in [-0.1, -0.05) is 5.10 Å². The molecule has 0 spiro atoms. The summed E-state index contributed by atoms with van der Waals surface area (Å²) in [5.41, 5.74) is 0. The van der Waals surface area contributed by atoms with Crippen molar-refractivity contribution in [1.82, 2.24) is 15.5 Å². The van der Waals surface area contributed by atoms with Gasteiger partial charge in [-0.25, -0.2) is 0 Å². The van der Waals surface area contributed by atoms with Crippen molar-refractivity contribution in [2.45, 2.75) is 26.4 Å². The van der Waals surface area contributed by atoms with Crippen LogP contribution in [0.2, 0.25) is 0 Å². The maximum absolute atomic E-state index is 5.24. The summed E-state index contributed by atoms with van der Waals surface area (Å²) in [5.74, 6) is 0.598. The van der Waals surface area contributed by atoms with Crippen molar-refractivity contribution in [2.75, 3.05) is 12.4 Å². The second-order valence-electron chi connectivity index (χ2n) is 2.83. The van der Waals surface area contributed by atoms with E-state index in [-0.39, 0.29) is 0 Å². The van der Waals surface area contributed by atoms with Crippen molar-refractivity contribution >= 4 is 6.01 Å². The predicted octanol–water partition coefficient (Wildman–Crippen LogP) is 0.609. The lowest BCUT2D eigenvalue weighted by Crippen LogP contribution is -2.09. The molecule has 0 aliphatic carbocycles. The molecule has 0 radical (unpaired) electrons. The summed E-state index contributed by atoms with van der Waals surface area (Å²) in [6.45, 7) is 4.64. The molecule has 1 rings (SSSR count). The average molecular weight is 170 g/mol. The molecule has 1 aromatic rings. The molecule has 0 aromatic carbocycles. The lowest BCUT2D eigenvalue weighted by molar-refractivity contribution is 0.487. The van der Waals surface area contributed by atoms with Crippen LogP contribution in [0.1, 0.15) is 19.7 Å². The second-order valence-corrected chi connectivity index (χ2v) is 2.83. The number of hydrogen-bond acceptors (Lipinski definition) is 5. The fourth-order valence-corrected chi connectivity index (χ4v) is 0.782. The van der Waals surface area contributed by atoms with Gasteiger partial charge in [-0.2, -0.15) is 0 Å². The van der Waals surface area contributed by atoms with Crippen molar-refractivity contribution in [3.63, 3.8) is 0 Å². The normalized spacial score (nSPS) is 10.7. The Morgan fingerprint density at radius 2 is 2.17 bits per heavy atom. The van der Waals surface area contributed by atoms with Crippen molar-refractivity contribution in [2.24, 2.45) is 0 Å². The molecule has 2 N–H and O–H groups in total. The summed E-state index contributed by atoms with van der Waals surface area (Å²) < 4.78 is 5.24. The third kappa shape index (κ3) is 2.50. The largest absolute Gasteiger partial charge is 0.407 e. The third-order valence-corrected chi connectivity index (χ3v) is 1.21. The number of anilines is 1. The van der Waals surface area contributed by atoms with Crippen LogP contribution in [0.4, 0.5) is 6.01 Å². The molecule has 0 aliphatic rings. The highest BCUT2D eigenvalue weighted by Crippen LogP contribution is 2.05. The highest BCUT2D eigenvalue weighted by Gasteiger charge is 2.04. The van der Waals surface area contributed by atoms with E-state index in [0.29, 0.717) is 24.5 Å². The van der Waals surface area contributed by atoms with E-state index in [1.165, 1.54) is 0 Å². The van der Waals surface area contributed by atoms with E-state index in [0.717, 1.165) is 0 Å². The van der Waals surface area contributed by atoms with Crippen LogP contribution >= 0.6 is 0 Å². The number of hydrogen-bond donors (Lipinski definition) is 2. The number of nitrogens with zero attached hydrogens (tertiary/aromatic N) is 2. The molecule has 0 amide bonds. The van der Waals surface area contributed by atoms with Crippen LogP contribution in [-0.2, 0) is 6.54 Å². The molecule has 0 atom stereocenters. The standard InChI is InChI=1S/C7H14N4O/c1-5(2)9-7-11-10-6(12-7)4-8-3/h5,8H,4H2,1-3H3,(H,9,11). The van der Waals surface area contributed by atoms with E-state index < -0.39 is 0 Å². The Morgan fingerprint density at radius 1 is 1.42 bits per heavy atom. The smallest absolute Gasteiger partial charge is 0.315 e. The molecule has 0 fully saturated rings. The quantitative estimate of drug-likeness (QED) is 0.693. The molecule has 5 heteroatoms. The Morgan fingerprint density at radius 3 is 2.75 bits per heavy atom. The lowest BCUT2D eigenvalue weighted by Gasteiger charge is -2.02. The van der Waals surface area contributed by atoms with Gasteiger partial charge in [0.05, 0.1) is 6.54 Å². The molecule has 0 saturated heterocycles. The maximum Gasteiger partial charge on any atom is 0.315 e. The van der Waals surface area contributed by atoms with Crippen molar-refractivity contribution < 1.29 is 4.42 Å². The first-order chi connectivity index (χ1) is 5.72. The Labute approximate surface area is 71.6 Å². The maximum atomic E-state index is 5.24. The van der Waals surface area contributed by atoms with Crippen LogP contribution in [0.3, 0.4) is 0 Å². The summed E-state index contributed by atoms with van der Waals surface area (Å²) >= 11 is 0. The van der Waals surface area contributed by atoms with E-state index in [9.17, 15) is 0 Å². The van der Waals surface area contributed by atoms with Gasteiger partial charge in [-0.15, -0.1) is 5.10 Å². The van der Waals surface area contributed by atoms with Gasteiger partial charge in [0.1, 0.15) is 0 Å². The van der Waals surface area contributed by atoms with Crippen molar-refractivity contribution in [1.29, 1.82) is 0 Å². The lowest BCUT2D eigenvalue weighted by atomic mass is 10.4. The summed E-state index contributed by atoms with van der Waals surface area (Å²) in [6, 6.07) is 0.795. The zero-order valence-electron chi connectivity index (χ0n) is 7.59. The first-order valence-corrected chi connectivity index (χ1v) is 3.96. The molecule has 68 valence electrons. The molecular weight excluding hydrogens is 156 g/mol. The van der Waals surface area contributed by atoms with Crippen LogP contribution in [-0.4, -0.2) is 23.3 Å². The van der Waals surface area contributed by atoms with Crippen LogP contribution < -0.4 is 10.6 Å². The Bertz CT molecular complexity index is 233. The minimum atomic E-state index is 0.313. The molecule has 12 heavy (non-hydrogen) atoms. The van der Waals surface area contributed by atoms with Crippen LogP contribution in [0.5, 0.6) is 0 Å². The molecule has 0 bridgehead atoms. The Balaban J connectivity index is 2.52. The predicted molar refractivity (Wildman–Crippen MR) is 45.8 cm³/mol. The van der Waals surface area contributed by atoms with E-state index in [1.54, 1.807) is 0 Å². The monoisotopic (exact) mass is 170 g/mol. The molecule has 0 unspecified atom stereocenters. The van der Waals surface area contributed by atoms with Gasteiger partial charge in [0.25, 0.3) is 0 Å². The first kappa shape index (κ1) is 8.99. The summed E-state index contributed by atoms with van der Waals surface area (Å²) in [7, 11) is 1.83. The Hall–Kier alpha value is -1.10. The number of rotatable bonds is 4. The average Bonchev–Trinajstić information content (AvgIpc) is 2.36. The SMILES string of the molecule is CNCc1nnc(NC(C)C)o1. The second kappa shape index (κ2) is 4.06. The first-order valence-electron chi connectivity index (χ1n) is 3.96. The third-order valence-electron chi connectivity index (χ3n) is 1.21. The van der Waals surface area contributed by atoms with Gasteiger partial charge in [-0.3, -0.25) is 0 Å². The topological polar surface area (TPSA) is 63.0 Å². The van der Waals surface area contributed by atoms with Crippen LogP contribution in [0, 0.1) is 0 Å². The van der Waals surface area contributed by atoms with E-state index in [4.69, 9.17) is 4.42 Å². The van der Waals surface area contributed by atoms with Gasteiger partial charge >= 0.3 is 6.01 Å². The fourth-order valence-electron chi connectivity index (χ4n) is 0.782. The zero-order valence-corrected chi connectivity index (χ0v) is 7.59. The van der Waals surface area contributed by atoms with Gasteiger partial charge in [-0.05, 0) is 20.9 Å². The number of nitrogens with one attached hydrogen (secondary N) is 2. The highest BCUT2D eigenvalue weighted by molar-refractivity contribution is 5.17. The molecule has 5 nitrogen and oxygen atoms in total. The fraction of sp³-hybridized carbons (Fsp3) is 0.714. The molecule has 0 saturated carbocycles. The van der Waals surface area contributed by atoms with E-state index in [2.05, 4.69) is 20.8 Å². The summed E-state index contributed by atoms with van der Waals surface area (Å²) in [4.78, 5) is 0. The van der Waals surface area contributed by atoms with Gasteiger partial charge in [0, 0.05) is 6.04 Å². The van der Waals surface area contributed by atoms with Gasteiger partial charge < -0.3 is 15.1 Å². The minimum Gasteiger partial charge on any atom is -0.407 e. The highest BCUT2D eigenvalue weighted by atomic mass is 16.4. The van der Waals surface area contributed by atoms with Gasteiger partial charge in [0.15, 0.2) is 0 Å². The van der Waals surface area contributed by atoms with Gasteiger partial charge in [0.2, 0.25) is 5.89 Å². The minimum absolute atomic E-state index is 0.313. The van der Waals surface area contributed by atoms with Crippen molar-refractivity contribution in [3.05, 3.63) is 5.89 Å². The van der Waals surface area contributed by atoms with Crippen LogP contribution in [0.15, 0.2) is 4.42 Å². The Kier molecular flexibility index (Phi) is 3.04. The molecule has 1 heterocycles. The summed E-state index contributed by atoms with van der Waals surface area (Å²) in [6.07, 6.45) is 0. The van der Waals surface area contributed by atoms with Crippen molar-refractivity contribution in [3.8, 4) is 0 Å². The zero-order chi connectivity index (χ0) is 8.97. The van der Waals surface area contributed by atoms with E-state index >= 15 is 0 Å². The molecule has 0 aliphatic heterocycles. The molecular formula is C7H14N4O. The summed E-state index contributed by atoms with van der Waals surface area (Å²) in [5, 5.41) is 13.6. The van der Waals surface area contributed by atoms with Crippen LogP contribution in [0.25, 0.3) is 0 Å². The molecule has 1 aromatic heterocycles. The van der Waals surface area contributed by atoms with E-state index in [1.807, 2.05) is 20.9 Å². The number of aromatic nitrogens is 2.